The second kappa shape index (κ2) is 12.8. The standard InChI is InChI=1S/C35H46FN7O2/c1-7-34(5,6)26-16-20-35(21-17-26)38-30(24-12-14-27(36)15-13-24)32(45)43(35)28(18-19-33(2,3)4)23-8-10-25(11-9-23)31(44)37-22-29-39-41-42-40-29/h8-15,26,28H,7,16-22H2,1-6H3,(H,37,44)(H,39,40,41,42)/t26?,28-,35?/m1/s1. The van der Waals surface area contributed by atoms with Crippen LogP contribution in [0.1, 0.15) is 120 Å². The van der Waals surface area contributed by atoms with Crippen molar-refractivity contribution in [3.05, 3.63) is 76.9 Å². The molecule has 9 nitrogen and oxygen atoms in total. The van der Waals surface area contributed by atoms with E-state index in [1.807, 2.05) is 17.0 Å². The number of aliphatic imine (C=N–C) groups is 1. The van der Waals surface area contributed by atoms with Crippen molar-refractivity contribution < 1.29 is 14.0 Å². The summed E-state index contributed by atoms with van der Waals surface area (Å²) >= 11 is 0. The molecule has 5 rings (SSSR count). The van der Waals surface area contributed by atoms with Crippen LogP contribution in [-0.4, -0.2) is 48.7 Å². The third-order valence-electron chi connectivity index (χ3n) is 9.94. The molecule has 1 saturated carbocycles. The maximum absolute atomic E-state index is 14.5. The summed E-state index contributed by atoms with van der Waals surface area (Å²) in [7, 11) is 0. The third-order valence-corrected chi connectivity index (χ3v) is 9.94. The van der Waals surface area contributed by atoms with Gasteiger partial charge in [-0.1, -0.05) is 65.3 Å². The Labute approximate surface area is 265 Å². The molecule has 0 radical (unpaired) electrons. The van der Waals surface area contributed by atoms with Crippen LogP contribution in [-0.2, 0) is 11.3 Å². The molecule has 2 heterocycles. The molecule has 0 bridgehead atoms. The molecule has 2 amide bonds. The van der Waals surface area contributed by atoms with Crippen molar-refractivity contribution in [1.82, 2.24) is 30.8 Å². The number of aromatic amines is 1. The van der Waals surface area contributed by atoms with Crippen LogP contribution >= 0.6 is 0 Å². The van der Waals surface area contributed by atoms with Crippen molar-refractivity contribution in [2.75, 3.05) is 0 Å². The Hall–Kier alpha value is -3.95. The lowest BCUT2D eigenvalue weighted by Crippen LogP contribution is -2.51. The fourth-order valence-electron chi connectivity index (χ4n) is 6.73. The molecule has 240 valence electrons. The Bertz CT molecular complexity index is 1500. The molecular weight excluding hydrogens is 569 g/mol. The first-order valence-corrected chi connectivity index (χ1v) is 16.1. The van der Waals surface area contributed by atoms with E-state index in [0.717, 1.165) is 50.5 Å². The number of carbonyl (C=O) groups is 2. The molecule has 1 atom stereocenters. The van der Waals surface area contributed by atoms with E-state index in [0.29, 0.717) is 28.6 Å². The first-order valence-electron chi connectivity index (χ1n) is 16.1. The van der Waals surface area contributed by atoms with Crippen LogP contribution in [0, 0.1) is 22.6 Å². The molecule has 45 heavy (non-hydrogen) atoms. The highest BCUT2D eigenvalue weighted by Gasteiger charge is 2.53. The molecule has 0 unspecified atom stereocenters. The Morgan fingerprint density at radius 2 is 1.73 bits per heavy atom. The maximum atomic E-state index is 14.5. The minimum atomic E-state index is -0.676. The van der Waals surface area contributed by atoms with Crippen LogP contribution in [0.25, 0.3) is 0 Å². The van der Waals surface area contributed by atoms with Gasteiger partial charge in [0.15, 0.2) is 5.82 Å². The summed E-state index contributed by atoms with van der Waals surface area (Å²) in [5.74, 6) is 0.242. The Balaban J connectivity index is 1.49. The second-order valence-corrected chi connectivity index (χ2v) is 14.5. The minimum Gasteiger partial charge on any atom is -0.345 e. The van der Waals surface area contributed by atoms with Gasteiger partial charge in [0.1, 0.15) is 17.2 Å². The van der Waals surface area contributed by atoms with Crippen molar-refractivity contribution in [2.24, 2.45) is 21.7 Å². The summed E-state index contributed by atoms with van der Waals surface area (Å²) < 4.78 is 13.9. The van der Waals surface area contributed by atoms with Gasteiger partial charge in [-0.3, -0.25) is 14.6 Å². The lowest BCUT2D eigenvalue weighted by Gasteiger charge is -2.48. The highest BCUT2D eigenvalue weighted by molar-refractivity contribution is 6.46. The summed E-state index contributed by atoms with van der Waals surface area (Å²) in [4.78, 5) is 34.7. The third kappa shape index (κ3) is 7.15. The number of halogens is 1. The number of rotatable bonds is 10. The van der Waals surface area contributed by atoms with Gasteiger partial charge in [0, 0.05) is 11.1 Å². The predicted octanol–water partition coefficient (Wildman–Crippen LogP) is 6.79. The highest BCUT2D eigenvalue weighted by Crippen LogP contribution is 2.51. The van der Waals surface area contributed by atoms with Gasteiger partial charge in [-0.25, -0.2) is 4.39 Å². The van der Waals surface area contributed by atoms with E-state index in [1.54, 1.807) is 24.3 Å². The van der Waals surface area contributed by atoms with Gasteiger partial charge in [0.25, 0.3) is 11.8 Å². The van der Waals surface area contributed by atoms with E-state index in [2.05, 4.69) is 67.5 Å². The number of tetrazole rings is 1. The SMILES string of the molecule is CCC(C)(C)C1CCC2(CC1)N=C(c1ccc(F)cc1)C(=O)N2[C@H](CCC(C)(C)C)c1ccc(C(=O)NCc2nn[nH]n2)cc1. The van der Waals surface area contributed by atoms with Gasteiger partial charge in [0.05, 0.1) is 12.6 Å². The average Bonchev–Trinajstić information content (AvgIpc) is 3.63. The van der Waals surface area contributed by atoms with Gasteiger partial charge >= 0.3 is 0 Å². The van der Waals surface area contributed by atoms with Gasteiger partial charge in [-0.05, 0) is 97.2 Å². The van der Waals surface area contributed by atoms with E-state index < -0.39 is 5.66 Å². The fraction of sp³-hybridized carbons (Fsp3) is 0.543. The molecule has 1 fully saturated rings. The van der Waals surface area contributed by atoms with E-state index in [1.165, 1.54) is 12.1 Å². The Morgan fingerprint density at radius 3 is 2.31 bits per heavy atom. The van der Waals surface area contributed by atoms with Crippen molar-refractivity contribution in [3.8, 4) is 0 Å². The van der Waals surface area contributed by atoms with E-state index in [9.17, 15) is 14.0 Å². The smallest absolute Gasteiger partial charge is 0.275 e. The number of carbonyl (C=O) groups excluding carboxylic acids is 2. The molecule has 1 spiro atoms. The molecule has 1 aliphatic carbocycles. The van der Waals surface area contributed by atoms with Crippen LogP contribution in [0.3, 0.4) is 0 Å². The molecule has 2 N–H and O–H groups in total. The highest BCUT2D eigenvalue weighted by atomic mass is 19.1. The van der Waals surface area contributed by atoms with Crippen LogP contribution < -0.4 is 5.32 Å². The number of amides is 2. The molecule has 1 aromatic heterocycles. The Morgan fingerprint density at radius 1 is 1.07 bits per heavy atom. The van der Waals surface area contributed by atoms with Crippen LogP contribution in [0.5, 0.6) is 0 Å². The summed E-state index contributed by atoms with van der Waals surface area (Å²) in [6, 6.07) is 13.4. The van der Waals surface area contributed by atoms with Gasteiger partial charge in [-0.2, -0.15) is 5.21 Å². The van der Waals surface area contributed by atoms with Crippen molar-refractivity contribution in [2.45, 2.75) is 105 Å². The summed E-state index contributed by atoms with van der Waals surface area (Å²) in [6.45, 7) is 13.7. The van der Waals surface area contributed by atoms with Gasteiger partial charge < -0.3 is 10.2 Å². The van der Waals surface area contributed by atoms with Crippen molar-refractivity contribution >= 4 is 17.5 Å². The minimum absolute atomic E-state index is 0.0482. The van der Waals surface area contributed by atoms with Crippen molar-refractivity contribution in [3.63, 3.8) is 0 Å². The number of aromatic nitrogens is 4. The molecule has 2 aromatic carbocycles. The van der Waals surface area contributed by atoms with Crippen molar-refractivity contribution in [1.29, 1.82) is 0 Å². The molecular formula is C35H46FN7O2. The topological polar surface area (TPSA) is 116 Å². The van der Waals surface area contributed by atoms with E-state index in [4.69, 9.17) is 4.99 Å². The maximum Gasteiger partial charge on any atom is 0.275 e. The zero-order valence-electron chi connectivity index (χ0n) is 27.4. The predicted molar refractivity (Wildman–Crippen MR) is 172 cm³/mol. The van der Waals surface area contributed by atoms with E-state index >= 15 is 0 Å². The molecule has 1 aliphatic heterocycles. The summed E-state index contributed by atoms with van der Waals surface area (Å²) in [6.07, 6.45) is 6.26. The molecule has 0 saturated heterocycles. The van der Waals surface area contributed by atoms with Gasteiger partial charge in [0.2, 0.25) is 0 Å². The largest absolute Gasteiger partial charge is 0.345 e. The van der Waals surface area contributed by atoms with Crippen LogP contribution in [0.4, 0.5) is 4.39 Å². The number of benzene rings is 2. The first-order chi connectivity index (χ1) is 21.3. The van der Waals surface area contributed by atoms with E-state index in [-0.39, 0.29) is 41.0 Å². The van der Waals surface area contributed by atoms with Crippen LogP contribution in [0.2, 0.25) is 0 Å². The Kier molecular flexibility index (Phi) is 9.23. The lowest BCUT2D eigenvalue weighted by atomic mass is 9.67. The number of nitrogens with one attached hydrogen (secondary N) is 2. The zero-order chi connectivity index (χ0) is 32.4. The second-order valence-electron chi connectivity index (χ2n) is 14.5. The molecule has 10 heteroatoms. The number of nitrogens with zero attached hydrogens (tertiary/aromatic N) is 5. The normalized spacial score (nSPS) is 21.2. The zero-order valence-corrected chi connectivity index (χ0v) is 27.4. The molecule has 2 aliphatic rings. The summed E-state index contributed by atoms with van der Waals surface area (Å²) in [5.41, 5.74) is 2.10. The lowest BCUT2D eigenvalue weighted by molar-refractivity contribution is -0.134. The number of hydrogen-bond acceptors (Lipinski definition) is 6. The fourth-order valence-corrected chi connectivity index (χ4v) is 6.73. The average molecular weight is 616 g/mol. The first kappa shape index (κ1) is 32.4. The molecule has 3 aromatic rings. The van der Waals surface area contributed by atoms with Crippen LogP contribution in [0.15, 0.2) is 53.5 Å². The summed E-state index contributed by atoms with van der Waals surface area (Å²) in [5, 5.41) is 16.5. The monoisotopic (exact) mass is 615 g/mol. The quantitative estimate of drug-likeness (QED) is 0.261. The number of hydrogen-bond donors (Lipinski definition) is 2. The van der Waals surface area contributed by atoms with Gasteiger partial charge in [-0.15, -0.1) is 10.2 Å². The number of H-pyrrole nitrogens is 1.